The molecule has 0 radical (unpaired) electrons. The SMILES string of the molecule is CC(C)(CO)[C@H](O)C(=O)NCCC(=O)C(=O)CCc1ccccc1. The molecule has 0 aromatic heterocycles. The van der Waals surface area contributed by atoms with Crippen LogP contribution >= 0.6 is 0 Å². The number of nitrogens with one attached hydrogen (secondary N) is 1. The van der Waals surface area contributed by atoms with E-state index in [1.54, 1.807) is 13.8 Å². The standard InChI is InChI=1S/C18H25NO5/c1-18(2,12-20)16(23)17(24)19-11-10-15(22)14(21)9-8-13-6-4-3-5-7-13/h3-7,16,20,23H,8-12H2,1-2H3,(H,19,24)/t16-/m1/s1. The molecule has 0 saturated heterocycles. The molecule has 0 aliphatic rings. The topological polar surface area (TPSA) is 104 Å². The summed E-state index contributed by atoms with van der Waals surface area (Å²) in [5.74, 6) is -1.68. The van der Waals surface area contributed by atoms with Crippen molar-refractivity contribution in [3.63, 3.8) is 0 Å². The van der Waals surface area contributed by atoms with Crippen molar-refractivity contribution in [2.24, 2.45) is 5.41 Å². The molecule has 132 valence electrons. The monoisotopic (exact) mass is 335 g/mol. The molecule has 0 heterocycles. The molecule has 6 nitrogen and oxygen atoms in total. The summed E-state index contributed by atoms with van der Waals surface area (Å²) in [4.78, 5) is 35.3. The highest BCUT2D eigenvalue weighted by Gasteiger charge is 2.32. The number of hydrogen-bond donors (Lipinski definition) is 3. The van der Waals surface area contributed by atoms with Gasteiger partial charge < -0.3 is 15.5 Å². The van der Waals surface area contributed by atoms with E-state index in [9.17, 15) is 19.5 Å². The first-order valence-electron chi connectivity index (χ1n) is 7.94. The van der Waals surface area contributed by atoms with E-state index in [2.05, 4.69) is 5.32 Å². The summed E-state index contributed by atoms with van der Waals surface area (Å²) in [6.07, 6.45) is -0.851. The van der Waals surface area contributed by atoms with Crippen LogP contribution in [0, 0.1) is 5.41 Å². The minimum atomic E-state index is -1.38. The number of aliphatic hydroxyl groups is 2. The maximum Gasteiger partial charge on any atom is 0.249 e. The Morgan fingerprint density at radius 1 is 1.08 bits per heavy atom. The first-order valence-corrected chi connectivity index (χ1v) is 7.94. The van der Waals surface area contributed by atoms with Crippen molar-refractivity contribution < 1.29 is 24.6 Å². The van der Waals surface area contributed by atoms with Gasteiger partial charge in [-0.25, -0.2) is 0 Å². The predicted octanol–water partition coefficient (Wildman–Crippen LogP) is 0.643. The van der Waals surface area contributed by atoms with Gasteiger partial charge in [0.05, 0.1) is 6.61 Å². The average Bonchev–Trinajstić information content (AvgIpc) is 2.59. The molecule has 0 unspecified atom stereocenters. The van der Waals surface area contributed by atoms with E-state index in [1.165, 1.54) is 0 Å². The van der Waals surface area contributed by atoms with Crippen molar-refractivity contribution in [2.45, 2.75) is 39.2 Å². The number of aryl methyl sites for hydroxylation is 1. The second-order valence-corrected chi connectivity index (χ2v) is 6.42. The average molecular weight is 335 g/mol. The lowest BCUT2D eigenvalue weighted by molar-refractivity contribution is -0.138. The molecule has 1 aromatic carbocycles. The van der Waals surface area contributed by atoms with E-state index in [-0.39, 0.29) is 26.0 Å². The number of Topliss-reactive ketones (excluding diaryl/α,β-unsaturated/α-hetero) is 2. The number of rotatable bonds is 10. The summed E-state index contributed by atoms with van der Waals surface area (Å²) in [7, 11) is 0. The van der Waals surface area contributed by atoms with Crippen LogP contribution in [0.25, 0.3) is 0 Å². The number of hydrogen-bond acceptors (Lipinski definition) is 5. The third kappa shape index (κ3) is 6.22. The minimum Gasteiger partial charge on any atom is -0.396 e. The predicted molar refractivity (Wildman–Crippen MR) is 89.3 cm³/mol. The molecule has 0 fully saturated rings. The fraction of sp³-hybridized carbons (Fsp3) is 0.500. The summed E-state index contributed by atoms with van der Waals surface area (Å²) < 4.78 is 0. The summed E-state index contributed by atoms with van der Waals surface area (Å²) >= 11 is 0. The normalized spacial score (nSPS) is 12.5. The molecular weight excluding hydrogens is 310 g/mol. The van der Waals surface area contributed by atoms with Crippen LogP contribution in [0.3, 0.4) is 0 Å². The zero-order chi connectivity index (χ0) is 18.2. The van der Waals surface area contributed by atoms with Crippen LogP contribution < -0.4 is 5.32 Å². The lowest BCUT2D eigenvalue weighted by Crippen LogP contribution is -2.46. The van der Waals surface area contributed by atoms with Crippen LogP contribution in [0.5, 0.6) is 0 Å². The first-order chi connectivity index (χ1) is 11.3. The van der Waals surface area contributed by atoms with Gasteiger partial charge in [0.15, 0.2) is 11.6 Å². The Morgan fingerprint density at radius 3 is 2.25 bits per heavy atom. The van der Waals surface area contributed by atoms with Gasteiger partial charge in [-0.05, 0) is 12.0 Å². The molecule has 1 amide bonds. The smallest absolute Gasteiger partial charge is 0.249 e. The number of aliphatic hydroxyl groups excluding tert-OH is 2. The van der Waals surface area contributed by atoms with Crippen LogP contribution in [-0.4, -0.2) is 46.9 Å². The number of carbonyl (C=O) groups is 3. The highest BCUT2D eigenvalue weighted by molar-refractivity contribution is 6.37. The summed E-state index contributed by atoms with van der Waals surface area (Å²) in [5, 5.41) is 21.3. The number of carbonyl (C=O) groups excluding carboxylic acids is 3. The molecule has 0 spiro atoms. The Balaban J connectivity index is 2.32. The van der Waals surface area contributed by atoms with E-state index in [1.807, 2.05) is 30.3 Å². The molecule has 0 saturated carbocycles. The van der Waals surface area contributed by atoms with Gasteiger partial charge in [-0.1, -0.05) is 44.2 Å². The highest BCUT2D eigenvalue weighted by Crippen LogP contribution is 2.19. The zero-order valence-electron chi connectivity index (χ0n) is 14.1. The second-order valence-electron chi connectivity index (χ2n) is 6.42. The molecular formula is C18H25NO5. The minimum absolute atomic E-state index is 0.0205. The molecule has 1 rings (SSSR count). The fourth-order valence-corrected chi connectivity index (χ4v) is 2.02. The summed E-state index contributed by atoms with van der Waals surface area (Å²) in [6, 6.07) is 9.41. The van der Waals surface area contributed by atoms with Crippen LogP contribution in [-0.2, 0) is 20.8 Å². The van der Waals surface area contributed by atoms with Gasteiger partial charge in [-0.3, -0.25) is 14.4 Å². The van der Waals surface area contributed by atoms with Crippen molar-refractivity contribution in [2.75, 3.05) is 13.2 Å². The molecule has 0 bridgehead atoms. The molecule has 24 heavy (non-hydrogen) atoms. The third-order valence-corrected chi connectivity index (χ3v) is 3.84. The van der Waals surface area contributed by atoms with E-state index < -0.39 is 29.0 Å². The van der Waals surface area contributed by atoms with Gasteiger partial charge in [0, 0.05) is 24.8 Å². The van der Waals surface area contributed by atoms with Gasteiger partial charge >= 0.3 is 0 Å². The lowest BCUT2D eigenvalue weighted by atomic mass is 9.87. The number of amides is 1. The lowest BCUT2D eigenvalue weighted by Gasteiger charge is -2.27. The largest absolute Gasteiger partial charge is 0.396 e. The van der Waals surface area contributed by atoms with Crippen LogP contribution in [0.2, 0.25) is 0 Å². The van der Waals surface area contributed by atoms with E-state index in [4.69, 9.17) is 5.11 Å². The zero-order valence-corrected chi connectivity index (χ0v) is 14.1. The summed E-state index contributed by atoms with van der Waals surface area (Å²) in [5.41, 5.74) is 0.0147. The quantitative estimate of drug-likeness (QED) is 0.545. The van der Waals surface area contributed by atoms with E-state index in [0.717, 1.165) is 5.56 Å². The molecule has 3 N–H and O–H groups in total. The van der Waals surface area contributed by atoms with E-state index >= 15 is 0 Å². The van der Waals surface area contributed by atoms with Crippen molar-refractivity contribution in [3.8, 4) is 0 Å². The first kappa shape index (κ1) is 20.0. The highest BCUT2D eigenvalue weighted by atomic mass is 16.3. The number of ketones is 2. The Kier molecular flexibility index (Phi) is 7.74. The molecule has 1 atom stereocenters. The van der Waals surface area contributed by atoms with Gasteiger partial charge in [-0.2, -0.15) is 0 Å². The second kappa shape index (κ2) is 9.30. The Bertz CT molecular complexity index is 568. The van der Waals surface area contributed by atoms with Gasteiger partial charge in [0.25, 0.3) is 0 Å². The summed E-state index contributed by atoms with van der Waals surface area (Å²) in [6.45, 7) is 2.73. The fourth-order valence-electron chi connectivity index (χ4n) is 2.02. The van der Waals surface area contributed by atoms with Crippen LogP contribution in [0.1, 0.15) is 32.3 Å². The van der Waals surface area contributed by atoms with Gasteiger partial charge in [0.2, 0.25) is 5.91 Å². The number of benzene rings is 1. The van der Waals surface area contributed by atoms with Crippen molar-refractivity contribution in [3.05, 3.63) is 35.9 Å². The van der Waals surface area contributed by atoms with Gasteiger partial charge in [-0.15, -0.1) is 0 Å². The molecule has 6 heteroatoms. The van der Waals surface area contributed by atoms with Crippen LogP contribution in [0.15, 0.2) is 30.3 Å². The maximum absolute atomic E-state index is 11.8. The molecule has 0 aliphatic carbocycles. The van der Waals surface area contributed by atoms with Gasteiger partial charge in [0.1, 0.15) is 6.10 Å². The van der Waals surface area contributed by atoms with Crippen LogP contribution in [0.4, 0.5) is 0 Å². The molecule has 0 aliphatic heterocycles. The Labute approximate surface area is 141 Å². The maximum atomic E-state index is 11.8. The van der Waals surface area contributed by atoms with Crippen molar-refractivity contribution in [1.82, 2.24) is 5.32 Å². The van der Waals surface area contributed by atoms with Crippen molar-refractivity contribution in [1.29, 1.82) is 0 Å². The van der Waals surface area contributed by atoms with E-state index in [0.29, 0.717) is 6.42 Å². The van der Waals surface area contributed by atoms with Crippen molar-refractivity contribution >= 4 is 17.5 Å². The molecule has 1 aromatic rings. The third-order valence-electron chi connectivity index (χ3n) is 3.84. The Morgan fingerprint density at radius 2 is 1.67 bits per heavy atom. The Hall–Kier alpha value is -2.05.